The number of nitriles is 1. The number of nitrogens with zero attached hydrogens (tertiary/aromatic N) is 3. The van der Waals surface area contributed by atoms with Crippen molar-refractivity contribution in [3.8, 4) is 6.07 Å². The molecule has 0 amide bonds. The zero-order chi connectivity index (χ0) is 16.8. The maximum atomic E-state index is 12.1. The maximum Gasteiger partial charge on any atom is 0.339 e. The van der Waals surface area contributed by atoms with Crippen LogP contribution >= 0.6 is 11.8 Å². The molecule has 2 rings (SSSR count). The summed E-state index contributed by atoms with van der Waals surface area (Å²) in [5.41, 5.74) is 3.12. The number of carbonyl (C=O) groups is 1. The molecule has 5 nitrogen and oxygen atoms in total. The van der Waals surface area contributed by atoms with Gasteiger partial charge in [-0.1, -0.05) is 30.0 Å². The summed E-state index contributed by atoms with van der Waals surface area (Å²) in [7, 11) is 0. The molecule has 0 unspecified atom stereocenters. The number of benzene rings is 1. The Morgan fingerprint density at radius 3 is 2.61 bits per heavy atom. The minimum Gasteiger partial charge on any atom is -0.444 e. The lowest BCUT2D eigenvalue weighted by Crippen LogP contribution is -2.14. The largest absolute Gasteiger partial charge is 0.444 e. The number of hydrogen-bond acceptors (Lipinski definition) is 6. The molecule has 0 fully saturated rings. The summed E-state index contributed by atoms with van der Waals surface area (Å²) in [5, 5.41) is 9.43. The Morgan fingerprint density at radius 2 is 1.96 bits per heavy atom. The third-order valence-electron chi connectivity index (χ3n) is 3.02. The molecule has 6 heteroatoms. The molecule has 1 heterocycles. The molecule has 0 saturated carbocycles. The van der Waals surface area contributed by atoms with E-state index in [9.17, 15) is 4.79 Å². The SMILES string of the molecule is Cc1cc(C)nc(SCc2ccccc2C(=O)O[C@@H](C)C#N)n1. The fraction of sp³-hybridized carbons (Fsp3) is 0.294. The average Bonchev–Trinajstić information content (AvgIpc) is 2.52. The van der Waals surface area contributed by atoms with Crippen molar-refractivity contribution in [3.63, 3.8) is 0 Å². The highest BCUT2D eigenvalue weighted by Gasteiger charge is 2.15. The van der Waals surface area contributed by atoms with Crippen molar-refractivity contribution >= 4 is 17.7 Å². The predicted octanol–water partition coefficient (Wildman–Crippen LogP) is 3.45. The maximum absolute atomic E-state index is 12.1. The molecule has 1 aromatic carbocycles. The lowest BCUT2D eigenvalue weighted by molar-refractivity contribution is 0.0434. The average molecular weight is 327 g/mol. The fourth-order valence-electron chi connectivity index (χ4n) is 2.00. The van der Waals surface area contributed by atoms with Crippen molar-refractivity contribution in [2.75, 3.05) is 0 Å². The van der Waals surface area contributed by atoms with Gasteiger partial charge in [0, 0.05) is 17.1 Å². The van der Waals surface area contributed by atoms with Crippen LogP contribution in [0.15, 0.2) is 35.5 Å². The van der Waals surface area contributed by atoms with Gasteiger partial charge in [0.2, 0.25) is 0 Å². The summed E-state index contributed by atoms with van der Waals surface area (Å²) in [6.07, 6.45) is -0.772. The van der Waals surface area contributed by atoms with Crippen molar-refractivity contribution in [2.45, 2.75) is 37.8 Å². The van der Waals surface area contributed by atoms with Crippen LogP contribution in [-0.2, 0) is 10.5 Å². The predicted molar refractivity (Wildman–Crippen MR) is 88.0 cm³/mol. The summed E-state index contributed by atoms with van der Waals surface area (Å²) < 4.78 is 5.08. The molecule has 2 aromatic rings. The number of rotatable bonds is 5. The second-order valence-electron chi connectivity index (χ2n) is 5.06. The van der Waals surface area contributed by atoms with E-state index < -0.39 is 12.1 Å². The van der Waals surface area contributed by atoms with Crippen molar-refractivity contribution in [2.24, 2.45) is 0 Å². The number of aromatic nitrogens is 2. The van der Waals surface area contributed by atoms with Gasteiger partial charge in [-0.15, -0.1) is 0 Å². The molecule has 0 aliphatic heterocycles. The van der Waals surface area contributed by atoms with Crippen LogP contribution in [0.2, 0.25) is 0 Å². The molecule has 23 heavy (non-hydrogen) atoms. The molecule has 0 radical (unpaired) electrons. The van der Waals surface area contributed by atoms with Gasteiger partial charge in [0.15, 0.2) is 11.3 Å². The van der Waals surface area contributed by atoms with E-state index in [1.165, 1.54) is 11.8 Å². The third-order valence-corrected chi connectivity index (χ3v) is 3.92. The minimum absolute atomic E-state index is 0.464. The normalized spacial score (nSPS) is 11.6. The van der Waals surface area contributed by atoms with Gasteiger partial charge in [0.05, 0.1) is 5.56 Å². The zero-order valence-electron chi connectivity index (χ0n) is 13.2. The summed E-state index contributed by atoms with van der Waals surface area (Å²) in [4.78, 5) is 20.9. The molecule has 0 saturated heterocycles. The number of ether oxygens (including phenoxy) is 1. The Bertz CT molecular complexity index is 735. The van der Waals surface area contributed by atoms with E-state index in [2.05, 4.69) is 9.97 Å². The Balaban J connectivity index is 2.14. The number of esters is 1. The zero-order valence-corrected chi connectivity index (χ0v) is 14.1. The van der Waals surface area contributed by atoms with Crippen molar-refractivity contribution in [1.82, 2.24) is 9.97 Å². The molecule has 118 valence electrons. The molecule has 1 atom stereocenters. The number of aryl methyl sites for hydroxylation is 2. The first-order chi connectivity index (χ1) is 11.0. The van der Waals surface area contributed by atoms with Gasteiger partial charge in [-0.25, -0.2) is 14.8 Å². The van der Waals surface area contributed by atoms with Gasteiger partial charge < -0.3 is 4.74 Å². The van der Waals surface area contributed by atoms with Crippen LogP contribution in [0.4, 0.5) is 0 Å². The number of carbonyl (C=O) groups excluding carboxylic acids is 1. The quantitative estimate of drug-likeness (QED) is 0.475. The molecule has 1 aromatic heterocycles. The second-order valence-corrected chi connectivity index (χ2v) is 6.00. The van der Waals surface area contributed by atoms with Crippen molar-refractivity contribution in [1.29, 1.82) is 5.26 Å². The van der Waals surface area contributed by atoms with Crippen molar-refractivity contribution in [3.05, 3.63) is 52.8 Å². The fourth-order valence-corrected chi connectivity index (χ4v) is 2.95. The van der Waals surface area contributed by atoms with Crippen LogP contribution in [0.25, 0.3) is 0 Å². The highest BCUT2D eigenvalue weighted by molar-refractivity contribution is 7.98. The van der Waals surface area contributed by atoms with Crippen molar-refractivity contribution < 1.29 is 9.53 Å². The lowest BCUT2D eigenvalue weighted by atomic mass is 10.1. The van der Waals surface area contributed by atoms with E-state index in [4.69, 9.17) is 10.00 Å². The lowest BCUT2D eigenvalue weighted by Gasteiger charge is -2.10. The minimum atomic E-state index is -0.772. The molecule has 0 spiro atoms. The van der Waals surface area contributed by atoms with E-state index in [1.807, 2.05) is 38.1 Å². The van der Waals surface area contributed by atoms with E-state index in [0.717, 1.165) is 17.0 Å². The van der Waals surface area contributed by atoms with E-state index >= 15 is 0 Å². The van der Waals surface area contributed by atoms with Crippen LogP contribution < -0.4 is 0 Å². The monoisotopic (exact) mass is 327 g/mol. The first-order valence-electron chi connectivity index (χ1n) is 7.13. The summed E-state index contributed by atoms with van der Waals surface area (Å²) >= 11 is 1.46. The first-order valence-corrected chi connectivity index (χ1v) is 8.11. The molecule has 0 bridgehead atoms. The standard InChI is InChI=1S/C17H17N3O2S/c1-11-8-12(2)20-17(19-11)23-10-14-6-4-5-7-15(14)16(21)22-13(3)9-18/h4-8,13H,10H2,1-3H3/t13-/m0/s1. The Labute approximate surface area is 139 Å². The molecular formula is C17H17N3O2S. The van der Waals surface area contributed by atoms with Crippen LogP contribution in [0.1, 0.15) is 34.2 Å². The Kier molecular flexibility index (Phi) is 5.72. The highest BCUT2D eigenvalue weighted by Crippen LogP contribution is 2.23. The van der Waals surface area contributed by atoms with Crippen LogP contribution in [0.5, 0.6) is 0 Å². The molecular weight excluding hydrogens is 310 g/mol. The van der Waals surface area contributed by atoms with Crippen LogP contribution in [0.3, 0.4) is 0 Å². The summed E-state index contributed by atoms with van der Waals surface area (Å²) in [6.45, 7) is 5.39. The summed E-state index contributed by atoms with van der Waals surface area (Å²) in [5.74, 6) is 0.0614. The van der Waals surface area contributed by atoms with Crippen LogP contribution in [-0.4, -0.2) is 22.0 Å². The topological polar surface area (TPSA) is 75.9 Å². The third kappa shape index (κ3) is 4.80. The smallest absolute Gasteiger partial charge is 0.339 e. The summed E-state index contributed by atoms with van der Waals surface area (Å²) in [6, 6.07) is 11.0. The van der Waals surface area contributed by atoms with Gasteiger partial charge >= 0.3 is 5.97 Å². The van der Waals surface area contributed by atoms with Gasteiger partial charge in [0.25, 0.3) is 0 Å². The highest BCUT2D eigenvalue weighted by atomic mass is 32.2. The van der Waals surface area contributed by atoms with Crippen LogP contribution in [0, 0.1) is 25.2 Å². The first kappa shape index (κ1) is 17.0. The van der Waals surface area contributed by atoms with E-state index in [0.29, 0.717) is 16.5 Å². The van der Waals surface area contributed by atoms with E-state index in [1.54, 1.807) is 19.1 Å². The Morgan fingerprint density at radius 1 is 1.30 bits per heavy atom. The second kappa shape index (κ2) is 7.75. The molecule has 0 N–H and O–H groups in total. The number of thioether (sulfide) groups is 1. The van der Waals surface area contributed by atoms with Gasteiger partial charge in [0.1, 0.15) is 6.07 Å². The Hall–Kier alpha value is -2.39. The van der Waals surface area contributed by atoms with Gasteiger partial charge in [-0.3, -0.25) is 0 Å². The van der Waals surface area contributed by atoms with E-state index in [-0.39, 0.29) is 0 Å². The number of hydrogen-bond donors (Lipinski definition) is 0. The van der Waals surface area contributed by atoms with Gasteiger partial charge in [-0.05, 0) is 38.5 Å². The molecule has 0 aliphatic rings. The van der Waals surface area contributed by atoms with Gasteiger partial charge in [-0.2, -0.15) is 5.26 Å². The molecule has 0 aliphatic carbocycles.